The highest BCUT2D eigenvalue weighted by Gasteiger charge is 2.21. The number of fused-ring (bicyclic) bond motifs is 7. The Hall–Kier alpha value is -3.82. The average molecular weight is 416 g/mol. The lowest BCUT2D eigenvalue weighted by Crippen LogP contribution is -1.92. The molecule has 146 valence electrons. The minimum atomic E-state index is 0.953. The Morgan fingerprint density at radius 2 is 1.26 bits per heavy atom. The van der Waals surface area contributed by atoms with Crippen LogP contribution in [0, 0.1) is 0 Å². The monoisotopic (exact) mass is 415 g/mol. The lowest BCUT2D eigenvalue weighted by molar-refractivity contribution is 0.678. The molecule has 31 heavy (non-hydrogen) atoms. The first-order valence-corrected chi connectivity index (χ1v) is 11.2. The number of thiophene rings is 1. The molecule has 0 fully saturated rings. The van der Waals surface area contributed by atoms with Gasteiger partial charge in [0.2, 0.25) is 0 Å². The second kappa shape index (κ2) is 6.34. The fourth-order valence-corrected chi connectivity index (χ4v) is 5.89. The first-order valence-electron chi connectivity index (χ1n) is 10.4. The summed E-state index contributed by atoms with van der Waals surface area (Å²) in [4.78, 5) is 2.22. The molecule has 0 spiro atoms. The Balaban J connectivity index is 1.53. The molecule has 0 atom stereocenters. The molecule has 0 aliphatic heterocycles. The minimum absolute atomic E-state index is 0.953. The molecule has 2 nitrogen and oxygen atoms in total. The van der Waals surface area contributed by atoms with Gasteiger partial charge in [0.25, 0.3) is 0 Å². The van der Waals surface area contributed by atoms with Gasteiger partial charge in [0, 0.05) is 27.2 Å². The van der Waals surface area contributed by atoms with E-state index in [9.17, 15) is 0 Å². The third-order valence-electron chi connectivity index (χ3n) is 6.07. The van der Waals surface area contributed by atoms with E-state index < -0.39 is 0 Å². The van der Waals surface area contributed by atoms with Crippen molar-refractivity contribution in [2.75, 3.05) is 0 Å². The molecule has 4 aromatic carbocycles. The molecule has 0 bridgehead atoms. The van der Waals surface area contributed by atoms with E-state index in [4.69, 9.17) is 4.42 Å². The van der Waals surface area contributed by atoms with Crippen molar-refractivity contribution in [3.8, 4) is 16.8 Å². The first-order chi connectivity index (χ1) is 15.4. The Labute approximate surface area is 182 Å². The first kappa shape index (κ1) is 16.9. The summed E-state index contributed by atoms with van der Waals surface area (Å²) < 4.78 is 8.59. The van der Waals surface area contributed by atoms with Gasteiger partial charge in [0.05, 0.1) is 5.52 Å². The fourth-order valence-electron chi connectivity index (χ4n) is 4.66. The summed E-state index contributed by atoms with van der Waals surface area (Å²) in [7, 11) is 0. The third-order valence-corrected chi connectivity index (χ3v) is 7.12. The number of furan rings is 1. The van der Waals surface area contributed by atoms with Crippen molar-refractivity contribution in [3.05, 3.63) is 103 Å². The van der Waals surface area contributed by atoms with Crippen LogP contribution in [0.2, 0.25) is 0 Å². The van der Waals surface area contributed by atoms with Crippen LogP contribution in [0.1, 0.15) is 0 Å². The van der Waals surface area contributed by atoms with Gasteiger partial charge in [-0.2, -0.15) is 0 Å². The van der Waals surface area contributed by atoms with Gasteiger partial charge >= 0.3 is 0 Å². The van der Waals surface area contributed by atoms with Crippen molar-refractivity contribution in [1.82, 2.24) is 4.57 Å². The van der Waals surface area contributed by atoms with Crippen molar-refractivity contribution >= 4 is 53.7 Å². The van der Waals surface area contributed by atoms with Crippen LogP contribution in [0.5, 0.6) is 0 Å². The largest absolute Gasteiger partial charge is 0.445 e. The van der Waals surface area contributed by atoms with E-state index in [1.165, 1.54) is 48.7 Å². The topological polar surface area (TPSA) is 18.1 Å². The average Bonchev–Trinajstić information content (AvgIpc) is 3.46. The lowest BCUT2D eigenvalue weighted by Gasteiger charge is -2.08. The highest BCUT2D eigenvalue weighted by Crippen LogP contribution is 2.46. The molecular formula is C28H17NOS. The SMILES string of the molecule is c1ccc(-c2ccc(-n3c4ccccc4c4c5c(oc6ccccc65)sc43)cc2)cc1. The van der Waals surface area contributed by atoms with Crippen LogP contribution in [0.4, 0.5) is 0 Å². The van der Waals surface area contributed by atoms with Crippen molar-refractivity contribution < 1.29 is 4.42 Å². The van der Waals surface area contributed by atoms with Crippen LogP contribution in [0.25, 0.3) is 59.2 Å². The van der Waals surface area contributed by atoms with Crippen LogP contribution in [-0.2, 0) is 0 Å². The number of nitrogens with zero attached hydrogens (tertiary/aromatic N) is 1. The maximum atomic E-state index is 6.22. The van der Waals surface area contributed by atoms with E-state index in [2.05, 4.69) is 102 Å². The predicted molar refractivity (Wildman–Crippen MR) is 131 cm³/mol. The number of aromatic nitrogens is 1. The second-order valence-corrected chi connectivity index (χ2v) is 8.77. The van der Waals surface area contributed by atoms with Gasteiger partial charge in [-0.15, -0.1) is 0 Å². The molecule has 3 heterocycles. The molecule has 3 heteroatoms. The molecule has 7 aromatic rings. The van der Waals surface area contributed by atoms with E-state index in [0.29, 0.717) is 0 Å². The summed E-state index contributed by atoms with van der Waals surface area (Å²) in [6.45, 7) is 0. The molecule has 0 saturated carbocycles. The van der Waals surface area contributed by atoms with Gasteiger partial charge < -0.3 is 8.98 Å². The van der Waals surface area contributed by atoms with Crippen molar-refractivity contribution in [3.63, 3.8) is 0 Å². The fraction of sp³-hybridized carbons (Fsp3) is 0. The van der Waals surface area contributed by atoms with Gasteiger partial charge in [0.1, 0.15) is 10.4 Å². The molecule has 0 radical (unpaired) electrons. The number of hydrogen-bond donors (Lipinski definition) is 0. The molecule has 0 saturated heterocycles. The van der Waals surface area contributed by atoms with Gasteiger partial charge in [-0.05, 0) is 35.4 Å². The highest BCUT2D eigenvalue weighted by atomic mass is 32.1. The molecule has 0 unspecified atom stereocenters. The zero-order chi connectivity index (χ0) is 20.4. The van der Waals surface area contributed by atoms with Crippen LogP contribution < -0.4 is 0 Å². The number of rotatable bonds is 2. The van der Waals surface area contributed by atoms with E-state index in [1.807, 2.05) is 6.07 Å². The van der Waals surface area contributed by atoms with E-state index in [1.54, 1.807) is 11.3 Å². The molecule has 0 aliphatic carbocycles. The van der Waals surface area contributed by atoms with E-state index in [-0.39, 0.29) is 0 Å². The van der Waals surface area contributed by atoms with Crippen LogP contribution in [0.15, 0.2) is 108 Å². The van der Waals surface area contributed by atoms with Gasteiger partial charge in [-0.25, -0.2) is 0 Å². The molecule has 0 amide bonds. The maximum absolute atomic E-state index is 6.22. The smallest absolute Gasteiger partial charge is 0.191 e. The van der Waals surface area contributed by atoms with Gasteiger partial charge in [-0.3, -0.25) is 0 Å². The van der Waals surface area contributed by atoms with Crippen LogP contribution in [-0.4, -0.2) is 4.57 Å². The van der Waals surface area contributed by atoms with Gasteiger partial charge in [-0.1, -0.05) is 90.2 Å². The number of benzene rings is 4. The summed E-state index contributed by atoms with van der Waals surface area (Å²) in [5.41, 5.74) is 5.80. The van der Waals surface area contributed by atoms with Crippen molar-refractivity contribution in [1.29, 1.82) is 0 Å². The minimum Gasteiger partial charge on any atom is -0.445 e. The second-order valence-electron chi connectivity index (χ2n) is 7.81. The van der Waals surface area contributed by atoms with Crippen molar-refractivity contribution in [2.45, 2.75) is 0 Å². The zero-order valence-corrected chi connectivity index (χ0v) is 17.4. The highest BCUT2D eigenvalue weighted by molar-refractivity contribution is 7.25. The van der Waals surface area contributed by atoms with Crippen molar-refractivity contribution in [2.24, 2.45) is 0 Å². The summed E-state index contributed by atoms with van der Waals surface area (Å²) in [5, 5.41) is 4.97. The molecule has 3 aromatic heterocycles. The molecule has 7 rings (SSSR count). The summed E-state index contributed by atoms with van der Waals surface area (Å²) >= 11 is 1.73. The predicted octanol–water partition coefficient (Wildman–Crippen LogP) is 8.41. The molecular weight excluding hydrogens is 398 g/mol. The lowest BCUT2D eigenvalue weighted by atomic mass is 10.1. The summed E-state index contributed by atoms with van der Waals surface area (Å²) in [6.07, 6.45) is 0. The zero-order valence-electron chi connectivity index (χ0n) is 16.6. The Kier molecular flexibility index (Phi) is 3.46. The Morgan fingerprint density at radius 3 is 2.10 bits per heavy atom. The number of para-hydroxylation sites is 2. The number of hydrogen-bond acceptors (Lipinski definition) is 2. The molecule has 0 N–H and O–H groups in total. The Morgan fingerprint density at radius 1 is 0.581 bits per heavy atom. The summed E-state index contributed by atoms with van der Waals surface area (Å²) in [5.74, 6) is 0. The van der Waals surface area contributed by atoms with Gasteiger partial charge in [0.15, 0.2) is 4.90 Å². The maximum Gasteiger partial charge on any atom is 0.191 e. The van der Waals surface area contributed by atoms with E-state index in [0.717, 1.165) is 10.5 Å². The normalized spacial score (nSPS) is 11.9. The molecule has 0 aliphatic rings. The Bertz CT molecular complexity index is 1720. The van der Waals surface area contributed by atoms with Crippen LogP contribution >= 0.6 is 11.3 Å². The third kappa shape index (κ3) is 2.38. The summed E-state index contributed by atoms with van der Waals surface area (Å²) in [6, 6.07) is 36.4. The quantitative estimate of drug-likeness (QED) is 0.277. The van der Waals surface area contributed by atoms with Crippen LogP contribution in [0.3, 0.4) is 0 Å². The van der Waals surface area contributed by atoms with E-state index >= 15 is 0 Å². The standard InChI is InChI=1S/C28H17NOS/c1-2-8-18(9-3-1)19-14-16-20(17-15-19)29-23-12-6-4-10-21(23)25-26-22-11-5-7-13-24(22)30-28(26)31-27(25)29/h1-17H.